The fraction of sp³-hybridized carbons (Fsp3) is 0.600. The molecule has 0 aliphatic heterocycles. The minimum atomic E-state index is -0.0117. The van der Waals surface area contributed by atoms with Crippen LogP contribution in [0.4, 0.5) is 11.1 Å². The molecule has 0 radical (unpaired) electrons. The molecule has 1 aromatic heterocycles. The van der Waals surface area contributed by atoms with E-state index >= 15 is 0 Å². The fourth-order valence-electron chi connectivity index (χ4n) is 0.550. The number of rotatable bonds is 3. The maximum atomic E-state index is 8.67. The number of aliphatic hydroxyl groups excluding tert-OH is 1. The second-order valence-corrected chi connectivity index (χ2v) is 2.94. The van der Waals surface area contributed by atoms with Crippen LogP contribution >= 0.6 is 11.5 Å². The molecule has 62 valence electrons. The third-order valence-electron chi connectivity index (χ3n) is 1.09. The Hall–Kier alpha value is -0.880. The highest BCUT2D eigenvalue weighted by atomic mass is 32.1. The van der Waals surface area contributed by atoms with Gasteiger partial charge in [-0.05, 0) is 6.92 Å². The van der Waals surface area contributed by atoms with Crippen LogP contribution in [0.25, 0.3) is 0 Å². The van der Waals surface area contributed by atoms with Crippen LogP contribution in [0.15, 0.2) is 0 Å². The lowest BCUT2D eigenvalue weighted by Gasteiger charge is -2.06. The molecule has 0 saturated carbocycles. The van der Waals surface area contributed by atoms with Crippen LogP contribution in [0.3, 0.4) is 0 Å². The second-order valence-electron chi connectivity index (χ2n) is 2.19. The van der Waals surface area contributed by atoms with Gasteiger partial charge in [-0.1, -0.05) is 0 Å². The Labute approximate surface area is 68.4 Å². The van der Waals surface area contributed by atoms with Crippen molar-refractivity contribution in [2.75, 3.05) is 17.7 Å². The summed E-state index contributed by atoms with van der Waals surface area (Å²) in [4.78, 5) is 3.86. The molecule has 1 aromatic rings. The highest BCUT2D eigenvalue weighted by molar-refractivity contribution is 7.09. The number of nitrogens with two attached hydrogens (primary N) is 1. The largest absolute Gasteiger partial charge is 0.394 e. The van der Waals surface area contributed by atoms with Gasteiger partial charge in [-0.3, -0.25) is 0 Å². The number of nitrogen functional groups attached to an aromatic ring is 1. The molecule has 0 aromatic carbocycles. The summed E-state index contributed by atoms with van der Waals surface area (Å²) in [5.74, 6) is 0.266. The van der Waals surface area contributed by atoms with Crippen LogP contribution < -0.4 is 11.1 Å². The van der Waals surface area contributed by atoms with Gasteiger partial charge < -0.3 is 16.2 Å². The Kier molecular flexibility index (Phi) is 2.61. The topological polar surface area (TPSA) is 84.1 Å². The van der Waals surface area contributed by atoms with Gasteiger partial charge in [0, 0.05) is 17.6 Å². The number of nitrogens with zero attached hydrogens (tertiary/aromatic N) is 2. The summed E-state index contributed by atoms with van der Waals surface area (Å²) in [6.07, 6.45) is 0. The van der Waals surface area contributed by atoms with Gasteiger partial charge in [0.15, 0.2) is 0 Å². The van der Waals surface area contributed by atoms with Crippen molar-refractivity contribution < 1.29 is 5.11 Å². The van der Waals surface area contributed by atoms with E-state index < -0.39 is 0 Å². The van der Waals surface area contributed by atoms with E-state index in [0.29, 0.717) is 5.13 Å². The summed E-state index contributed by atoms with van der Waals surface area (Å²) < 4.78 is 3.77. The zero-order chi connectivity index (χ0) is 8.27. The molecule has 1 heterocycles. The Morgan fingerprint density at radius 3 is 3.00 bits per heavy atom. The molecule has 1 unspecified atom stereocenters. The van der Waals surface area contributed by atoms with E-state index in [1.54, 1.807) is 0 Å². The highest BCUT2D eigenvalue weighted by Crippen LogP contribution is 2.12. The minimum Gasteiger partial charge on any atom is -0.394 e. The molecule has 1 atom stereocenters. The Bertz CT molecular complexity index is 226. The van der Waals surface area contributed by atoms with Crippen LogP contribution in [0.1, 0.15) is 6.92 Å². The van der Waals surface area contributed by atoms with Crippen molar-refractivity contribution in [3.05, 3.63) is 0 Å². The highest BCUT2D eigenvalue weighted by Gasteiger charge is 2.03. The van der Waals surface area contributed by atoms with Crippen molar-refractivity contribution in [2.24, 2.45) is 0 Å². The van der Waals surface area contributed by atoms with Crippen molar-refractivity contribution >= 4 is 22.6 Å². The smallest absolute Gasteiger partial charge is 0.233 e. The number of aliphatic hydroxyl groups is 1. The van der Waals surface area contributed by atoms with Gasteiger partial charge in [0.05, 0.1) is 6.61 Å². The molecule has 0 amide bonds. The summed E-state index contributed by atoms with van der Waals surface area (Å²) in [5.41, 5.74) is 5.28. The quantitative estimate of drug-likeness (QED) is 0.596. The van der Waals surface area contributed by atoms with Gasteiger partial charge in [0.1, 0.15) is 0 Å². The van der Waals surface area contributed by atoms with E-state index in [9.17, 15) is 0 Å². The van der Waals surface area contributed by atoms with Crippen LogP contribution in [-0.2, 0) is 0 Å². The molecule has 11 heavy (non-hydrogen) atoms. The first-order chi connectivity index (χ1) is 5.22. The number of hydrogen-bond acceptors (Lipinski definition) is 6. The molecule has 4 N–H and O–H groups in total. The third-order valence-corrected chi connectivity index (χ3v) is 1.75. The predicted molar refractivity (Wildman–Crippen MR) is 44.5 cm³/mol. The van der Waals surface area contributed by atoms with E-state index in [-0.39, 0.29) is 18.6 Å². The Morgan fingerprint density at radius 1 is 1.82 bits per heavy atom. The van der Waals surface area contributed by atoms with Gasteiger partial charge in [-0.2, -0.15) is 9.36 Å². The maximum Gasteiger partial charge on any atom is 0.233 e. The molecule has 5 nitrogen and oxygen atoms in total. The van der Waals surface area contributed by atoms with Crippen molar-refractivity contribution in [2.45, 2.75) is 13.0 Å². The standard InChI is InChI=1S/C5H10N4OS/c1-3(2-10)7-5-8-4(6)9-11-5/h3,10H,2H2,1H3,(H3,6,7,8,9). The first kappa shape index (κ1) is 8.22. The lowest BCUT2D eigenvalue weighted by atomic mass is 10.4. The summed E-state index contributed by atoms with van der Waals surface area (Å²) in [5, 5.41) is 12.2. The van der Waals surface area contributed by atoms with Crippen molar-refractivity contribution in [3.8, 4) is 0 Å². The average molecular weight is 174 g/mol. The zero-order valence-electron chi connectivity index (χ0n) is 6.11. The first-order valence-electron chi connectivity index (χ1n) is 3.19. The summed E-state index contributed by atoms with van der Waals surface area (Å²) in [7, 11) is 0. The van der Waals surface area contributed by atoms with Crippen LogP contribution in [0, 0.1) is 0 Å². The van der Waals surface area contributed by atoms with Crippen molar-refractivity contribution in [1.29, 1.82) is 0 Å². The minimum absolute atomic E-state index is 0.0117. The van der Waals surface area contributed by atoms with Gasteiger partial charge in [-0.15, -0.1) is 0 Å². The molecule has 1 rings (SSSR count). The Balaban J connectivity index is 2.50. The van der Waals surface area contributed by atoms with Gasteiger partial charge in [0.2, 0.25) is 11.1 Å². The normalized spacial score (nSPS) is 12.9. The number of anilines is 2. The van der Waals surface area contributed by atoms with E-state index in [1.807, 2.05) is 6.92 Å². The van der Waals surface area contributed by atoms with Crippen molar-refractivity contribution in [3.63, 3.8) is 0 Å². The van der Waals surface area contributed by atoms with Crippen LogP contribution in [-0.4, -0.2) is 27.1 Å². The molecular weight excluding hydrogens is 164 g/mol. The van der Waals surface area contributed by atoms with Gasteiger partial charge in [0.25, 0.3) is 0 Å². The van der Waals surface area contributed by atoms with Crippen LogP contribution in [0.2, 0.25) is 0 Å². The molecule has 0 spiro atoms. The van der Waals surface area contributed by atoms with E-state index in [0.717, 1.165) is 0 Å². The summed E-state index contributed by atoms with van der Waals surface area (Å²) in [6.45, 7) is 1.91. The molecule has 0 fully saturated rings. The molecular formula is C5H10N4OS. The van der Waals surface area contributed by atoms with Crippen molar-refractivity contribution in [1.82, 2.24) is 9.36 Å². The van der Waals surface area contributed by atoms with Gasteiger partial charge >= 0.3 is 0 Å². The second kappa shape index (κ2) is 3.49. The lowest BCUT2D eigenvalue weighted by Crippen LogP contribution is -2.18. The van der Waals surface area contributed by atoms with E-state index in [2.05, 4.69) is 14.7 Å². The fourth-order valence-corrected chi connectivity index (χ4v) is 1.16. The average Bonchev–Trinajstić information content (AvgIpc) is 2.35. The molecule has 0 aliphatic carbocycles. The van der Waals surface area contributed by atoms with Crippen LogP contribution in [0.5, 0.6) is 0 Å². The lowest BCUT2D eigenvalue weighted by molar-refractivity contribution is 0.281. The number of hydrogen-bond donors (Lipinski definition) is 3. The molecule has 0 bridgehead atoms. The van der Waals surface area contributed by atoms with E-state index in [1.165, 1.54) is 11.5 Å². The maximum absolute atomic E-state index is 8.67. The summed E-state index contributed by atoms with van der Waals surface area (Å²) in [6, 6.07) is -0.0117. The Morgan fingerprint density at radius 2 is 2.55 bits per heavy atom. The molecule has 0 aliphatic rings. The SMILES string of the molecule is CC(CO)Nc1nc(N)ns1. The van der Waals surface area contributed by atoms with E-state index in [4.69, 9.17) is 10.8 Å². The summed E-state index contributed by atoms with van der Waals surface area (Å²) >= 11 is 1.18. The molecule has 6 heteroatoms. The molecule has 0 saturated heterocycles. The monoisotopic (exact) mass is 174 g/mol. The first-order valence-corrected chi connectivity index (χ1v) is 3.96. The third kappa shape index (κ3) is 2.32. The number of nitrogens with one attached hydrogen (secondary N) is 1. The predicted octanol–water partition coefficient (Wildman–Crippen LogP) is -0.0870. The van der Waals surface area contributed by atoms with Gasteiger partial charge in [-0.25, -0.2) is 0 Å². The number of aromatic nitrogens is 2. The zero-order valence-corrected chi connectivity index (χ0v) is 6.93.